The van der Waals surface area contributed by atoms with Crippen LogP contribution in [0.5, 0.6) is 0 Å². The van der Waals surface area contributed by atoms with Crippen LogP contribution in [-0.4, -0.2) is 25.0 Å². The van der Waals surface area contributed by atoms with Gasteiger partial charge in [0.1, 0.15) is 0 Å². The summed E-state index contributed by atoms with van der Waals surface area (Å²) in [5.74, 6) is 0. The van der Waals surface area contributed by atoms with Crippen molar-refractivity contribution < 1.29 is 0 Å². The molecule has 0 amide bonds. The third-order valence-electron chi connectivity index (χ3n) is 2.37. The maximum Gasteiger partial charge on any atom is 0.0768 e. The van der Waals surface area contributed by atoms with Gasteiger partial charge in [0.15, 0.2) is 0 Å². The van der Waals surface area contributed by atoms with Gasteiger partial charge >= 0.3 is 0 Å². The number of aliphatic imine (C=N–C) groups is 2. The van der Waals surface area contributed by atoms with Gasteiger partial charge in [-0.2, -0.15) is 0 Å². The van der Waals surface area contributed by atoms with Crippen LogP contribution in [0, 0.1) is 0 Å². The van der Waals surface area contributed by atoms with Crippen LogP contribution in [0.4, 0.5) is 0 Å². The average molecular weight is 302 g/mol. The van der Waals surface area contributed by atoms with Gasteiger partial charge in [-0.3, -0.25) is 9.98 Å². The summed E-state index contributed by atoms with van der Waals surface area (Å²) in [4.78, 5) is 8.78. The largest absolute Gasteiger partial charge is 0.292 e. The van der Waals surface area contributed by atoms with E-state index in [9.17, 15) is 0 Å². The van der Waals surface area contributed by atoms with E-state index in [0.29, 0.717) is 0 Å². The highest BCUT2D eigenvalue weighted by Crippen LogP contribution is 2.13. The van der Waals surface area contributed by atoms with E-state index in [1.165, 1.54) is 12.1 Å². The molecule has 0 N–H and O–H groups in total. The lowest BCUT2D eigenvalue weighted by Crippen LogP contribution is -1.98. The van der Waals surface area contributed by atoms with Crippen molar-refractivity contribution in [3.05, 3.63) is 34.3 Å². The van der Waals surface area contributed by atoms with Crippen molar-refractivity contribution in [2.24, 2.45) is 9.98 Å². The molecule has 0 fully saturated rings. The smallest absolute Gasteiger partial charge is 0.0768 e. The van der Waals surface area contributed by atoms with Crippen molar-refractivity contribution in [3.8, 4) is 0 Å². The summed E-state index contributed by atoms with van der Waals surface area (Å²) in [5.41, 5.74) is 2.36. The molecule has 0 bridgehead atoms. The van der Waals surface area contributed by atoms with Gasteiger partial charge in [-0.15, -0.1) is 12.4 Å². The highest BCUT2D eigenvalue weighted by Gasteiger charge is 2.03. The zero-order valence-electron chi connectivity index (χ0n) is 8.90. The van der Waals surface area contributed by atoms with Gasteiger partial charge < -0.3 is 0 Å². The van der Waals surface area contributed by atoms with E-state index in [1.54, 1.807) is 0 Å². The summed E-state index contributed by atoms with van der Waals surface area (Å²) in [7, 11) is 0. The molecule has 0 atom stereocenters. The Kier molecular flexibility index (Phi) is 5.71. The van der Waals surface area contributed by atoms with Crippen LogP contribution >= 0.6 is 28.3 Å². The maximum atomic E-state index is 4.40. The Labute approximate surface area is 110 Å². The molecule has 1 heterocycles. The first-order valence-electron chi connectivity index (χ1n) is 5.13. The van der Waals surface area contributed by atoms with E-state index >= 15 is 0 Å². The van der Waals surface area contributed by atoms with E-state index in [0.717, 1.165) is 29.5 Å². The molecule has 2 nitrogen and oxygen atoms in total. The van der Waals surface area contributed by atoms with E-state index < -0.39 is 0 Å². The van der Waals surface area contributed by atoms with E-state index in [2.05, 4.69) is 25.9 Å². The Bertz CT molecular complexity index is 402. The molecule has 0 aliphatic carbocycles. The highest BCUT2D eigenvalue weighted by molar-refractivity contribution is 9.10. The second kappa shape index (κ2) is 6.81. The topological polar surface area (TPSA) is 24.7 Å². The Morgan fingerprint density at radius 3 is 2.88 bits per heavy atom. The lowest BCUT2D eigenvalue weighted by atomic mass is 10.2. The third kappa shape index (κ3) is 3.72. The zero-order chi connectivity index (χ0) is 10.5. The van der Waals surface area contributed by atoms with Crippen LogP contribution in [0.1, 0.15) is 18.4 Å². The van der Waals surface area contributed by atoms with Crippen molar-refractivity contribution in [2.75, 3.05) is 13.1 Å². The molecule has 16 heavy (non-hydrogen) atoms. The second-order valence-corrected chi connectivity index (χ2v) is 4.40. The number of halogens is 2. The predicted molar refractivity (Wildman–Crippen MR) is 75.4 cm³/mol. The van der Waals surface area contributed by atoms with Gasteiger partial charge in [0.05, 0.1) is 6.54 Å². The number of hydrogen-bond acceptors (Lipinski definition) is 2. The van der Waals surface area contributed by atoms with Gasteiger partial charge in [0.25, 0.3) is 0 Å². The van der Waals surface area contributed by atoms with Crippen LogP contribution in [0.15, 0.2) is 38.7 Å². The molecule has 86 valence electrons. The number of nitrogens with zero attached hydrogens (tertiary/aromatic N) is 2. The molecule has 1 aliphatic rings. The monoisotopic (exact) mass is 300 g/mol. The fourth-order valence-electron chi connectivity index (χ4n) is 1.56. The quantitative estimate of drug-likeness (QED) is 0.763. The van der Waals surface area contributed by atoms with Crippen molar-refractivity contribution in [1.82, 2.24) is 0 Å². The van der Waals surface area contributed by atoms with Crippen molar-refractivity contribution in [1.29, 1.82) is 0 Å². The highest BCUT2D eigenvalue weighted by atomic mass is 79.9. The number of rotatable bonds is 3. The molecule has 4 heteroatoms. The normalized spacial score (nSPS) is 14.9. The van der Waals surface area contributed by atoms with Gasteiger partial charge in [-0.25, -0.2) is 0 Å². The molecule has 0 spiro atoms. The molecule has 1 aliphatic heterocycles. The minimum absolute atomic E-state index is 0. The molecule has 0 aromatic heterocycles. The van der Waals surface area contributed by atoms with E-state index in [1.807, 2.05) is 30.5 Å². The van der Waals surface area contributed by atoms with Crippen LogP contribution < -0.4 is 0 Å². The zero-order valence-corrected chi connectivity index (χ0v) is 11.3. The summed E-state index contributed by atoms with van der Waals surface area (Å²) in [6.07, 6.45) is 4.22. The molecule has 0 saturated heterocycles. The van der Waals surface area contributed by atoms with Gasteiger partial charge in [0.2, 0.25) is 0 Å². The molecule has 1 aromatic carbocycles. The first-order chi connectivity index (χ1) is 7.36. The Hall–Kier alpha value is -0.670. The summed E-state index contributed by atoms with van der Waals surface area (Å²) in [6, 6.07) is 8.08. The number of benzene rings is 1. The summed E-state index contributed by atoms with van der Waals surface area (Å²) in [5, 5.41) is 0. The first-order valence-corrected chi connectivity index (χ1v) is 5.92. The SMILES string of the molecule is Brc1ccccc1C=NCC1=NCCC1.Cl. The van der Waals surface area contributed by atoms with E-state index in [4.69, 9.17) is 0 Å². The number of hydrogen-bond donors (Lipinski definition) is 0. The Morgan fingerprint density at radius 1 is 1.38 bits per heavy atom. The standard InChI is InChI=1S/C12H13BrN2.ClH/c13-12-6-2-1-4-10(12)8-14-9-11-5-3-7-15-11;/h1-2,4,6,8H,3,5,7,9H2;1H. The van der Waals surface area contributed by atoms with Crippen LogP contribution in [0.3, 0.4) is 0 Å². The maximum absolute atomic E-state index is 4.40. The molecule has 1 aromatic rings. The Balaban J connectivity index is 0.00000128. The fraction of sp³-hybridized carbons (Fsp3) is 0.333. The van der Waals surface area contributed by atoms with Crippen molar-refractivity contribution in [2.45, 2.75) is 12.8 Å². The summed E-state index contributed by atoms with van der Waals surface area (Å²) in [6.45, 7) is 1.74. The van der Waals surface area contributed by atoms with Crippen LogP contribution in [-0.2, 0) is 0 Å². The Morgan fingerprint density at radius 2 is 2.19 bits per heavy atom. The molecule has 0 saturated carbocycles. The van der Waals surface area contributed by atoms with Gasteiger partial charge in [-0.05, 0) is 18.9 Å². The van der Waals surface area contributed by atoms with Crippen molar-refractivity contribution in [3.63, 3.8) is 0 Å². The molecule has 0 unspecified atom stereocenters. The molecule has 0 radical (unpaired) electrons. The van der Waals surface area contributed by atoms with E-state index in [-0.39, 0.29) is 12.4 Å². The van der Waals surface area contributed by atoms with Gasteiger partial charge in [0, 0.05) is 28.5 Å². The lowest BCUT2D eigenvalue weighted by Gasteiger charge is -1.96. The third-order valence-corrected chi connectivity index (χ3v) is 3.09. The fourth-order valence-corrected chi connectivity index (χ4v) is 1.94. The summed E-state index contributed by atoms with van der Waals surface area (Å²) >= 11 is 3.49. The van der Waals surface area contributed by atoms with Crippen LogP contribution in [0.2, 0.25) is 0 Å². The molecule has 2 rings (SSSR count). The minimum Gasteiger partial charge on any atom is -0.292 e. The first kappa shape index (κ1) is 13.4. The van der Waals surface area contributed by atoms with Crippen LogP contribution in [0.25, 0.3) is 0 Å². The second-order valence-electron chi connectivity index (χ2n) is 3.54. The molecular weight excluding hydrogens is 288 g/mol. The van der Waals surface area contributed by atoms with Gasteiger partial charge in [-0.1, -0.05) is 34.1 Å². The lowest BCUT2D eigenvalue weighted by molar-refractivity contribution is 0.949. The molecular formula is C12H14BrClN2. The minimum atomic E-state index is 0. The predicted octanol–water partition coefficient (Wildman–Crippen LogP) is 3.52. The average Bonchev–Trinajstić information content (AvgIpc) is 2.74. The van der Waals surface area contributed by atoms with Crippen molar-refractivity contribution >= 4 is 40.3 Å². The summed E-state index contributed by atoms with van der Waals surface area (Å²) < 4.78 is 1.09.